The summed E-state index contributed by atoms with van der Waals surface area (Å²) in [5, 5.41) is 0. The number of hydrogen-bond donors (Lipinski definition) is 0. The molecule has 0 aromatic rings. The Balaban J connectivity index is 0.000000264. The van der Waals surface area contributed by atoms with Crippen molar-refractivity contribution in [2.24, 2.45) is 29.6 Å². The van der Waals surface area contributed by atoms with E-state index in [1.54, 1.807) is 25.7 Å². The molecule has 0 aromatic heterocycles. The predicted molar refractivity (Wildman–Crippen MR) is 52.9 cm³/mol. The van der Waals surface area contributed by atoms with Crippen molar-refractivity contribution < 1.29 is 0 Å². The van der Waals surface area contributed by atoms with Crippen molar-refractivity contribution in [3.8, 4) is 0 Å². The Labute approximate surface area is 76.7 Å². The lowest BCUT2D eigenvalue weighted by Gasteiger charge is -2.29. The molecule has 5 atom stereocenters. The van der Waals surface area contributed by atoms with Crippen LogP contribution in [0.4, 0.5) is 0 Å². The van der Waals surface area contributed by atoms with Crippen molar-refractivity contribution in [1.82, 2.24) is 0 Å². The van der Waals surface area contributed by atoms with E-state index in [2.05, 4.69) is 6.92 Å². The quantitative estimate of drug-likeness (QED) is 0.514. The highest BCUT2D eigenvalue weighted by Crippen LogP contribution is 2.60. The van der Waals surface area contributed by atoms with Crippen LogP contribution in [0.2, 0.25) is 0 Å². The lowest BCUT2D eigenvalue weighted by Crippen LogP contribution is -2.20. The zero-order valence-electron chi connectivity index (χ0n) is 8.72. The van der Waals surface area contributed by atoms with Gasteiger partial charge in [-0.15, -0.1) is 0 Å². The van der Waals surface area contributed by atoms with Gasteiger partial charge in [-0.1, -0.05) is 20.8 Å². The molecule has 5 unspecified atom stereocenters. The van der Waals surface area contributed by atoms with Crippen LogP contribution in [-0.4, -0.2) is 0 Å². The summed E-state index contributed by atoms with van der Waals surface area (Å²) in [7, 11) is 0. The largest absolute Gasteiger partial charge is 0.0683 e. The Morgan fingerprint density at radius 1 is 0.833 bits per heavy atom. The van der Waals surface area contributed by atoms with Crippen LogP contribution in [0.5, 0.6) is 0 Å². The summed E-state index contributed by atoms with van der Waals surface area (Å²) in [6.07, 6.45) is 6.39. The SMILES string of the molecule is CC.CC1C2CC3CC(C2)C1C3. The minimum atomic E-state index is 1.10. The van der Waals surface area contributed by atoms with E-state index >= 15 is 0 Å². The summed E-state index contributed by atoms with van der Waals surface area (Å²) in [6.45, 7) is 6.50. The van der Waals surface area contributed by atoms with Gasteiger partial charge in [0.2, 0.25) is 0 Å². The van der Waals surface area contributed by atoms with Crippen molar-refractivity contribution in [3.05, 3.63) is 0 Å². The molecule has 4 saturated carbocycles. The summed E-state index contributed by atoms with van der Waals surface area (Å²) in [4.78, 5) is 0. The Morgan fingerprint density at radius 3 is 2.08 bits per heavy atom. The molecule has 0 heteroatoms. The summed E-state index contributed by atoms with van der Waals surface area (Å²) >= 11 is 0. The van der Waals surface area contributed by atoms with E-state index in [0.717, 1.165) is 11.8 Å². The van der Waals surface area contributed by atoms with Gasteiger partial charge in [-0.2, -0.15) is 0 Å². The van der Waals surface area contributed by atoms with E-state index in [1.165, 1.54) is 17.8 Å². The molecule has 0 saturated heterocycles. The molecule has 70 valence electrons. The number of hydrogen-bond acceptors (Lipinski definition) is 0. The lowest BCUT2D eigenvalue weighted by molar-refractivity contribution is 0.211. The third-order valence-electron chi connectivity index (χ3n) is 4.51. The molecule has 0 N–H and O–H groups in total. The highest BCUT2D eigenvalue weighted by atomic mass is 14.6. The summed E-state index contributed by atoms with van der Waals surface area (Å²) < 4.78 is 0. The maximum Gasteiger partial charge on any atom is -0.0355 e. The van der Waals surface area contributed by atoms with Crippen LogP contribution < -0.4 is 0 Å². The van der Waals surface area contributed by atoms with E-state index in [-0.39, 0.29) is 0 Å². The molecule has 4 bridgehead atoms. The fourth-order valence-electron chi connectivity index (χ4n) is 4.08. The smallest absolute Gasteiger partial charge is 0.0355 e. The molecule has 4 fully saturated rings. The first-order chi connectivity index (χ1) is 5.84. The van der Waals surface area contributed by atoms with Gasteiger partial charge in [0, 0.05) is 0 Å². The third kappa shape index (κ3) is 1.03. The molecule has 4 rings (SSSR count). The lowest BCUT2D eigenvalue weighted by atomic mass is 9.76. The Hall–Kier alpha value is 0. The Kier molecular flexibility index (Phi) is 2.18. The molecule has 0 nitrogen and oxygen atoms in total. The average Bonchev–Trinajstić information content (AvgIpc) is 2.51. The number of rotatable bonds is 0. The fraction of sp³-hybridized carbons (Fsp3) is 1.00. The van der Waals surface area contributed by atoms with Gasteiger partial charge in [-0.05, 0) is 55.3 Å². The standard InChI is InChI=1S/C10H16.C2H6/c1-6-8-2-7-3-9(5-8)10(6)4-7;1-2/h6-10H,2-5H2,1H3;1-2H3. The fourth-order valence-corrected chi connectivity index (χ4v) is 4.08. The van der Waals surface area contributed by atoms with Crippen molar-refractivity contribution in [3.63, 3.8) is 0 Å². The van der Waals surface area contributed by atoms with E-state index in [9.17, 15) is 0 Å². The minimum Gasteiger partial charge on any atom is -0.0683 e. The molecule has 0 spiro atoms. The van der Waals surface area contributed by atoms with Gasteiger partial charge in [0.25, 0.3) is 0 Å². The molecule has 0 amide bonds. The molecule has 0 aromatic carbocycles. The molecule has 0 radical (unpaired) electrons. The van der Waals surface area contributed by atoms with Gasteiger partial charge in [-0.3, -0.25) is 0 Å². The second kappa shape index (κ2) is 3.05. The Bertz CT molecular complexity index is 155. The van der Waals surface area contributed by atoms with Crippen molar-refractivity contribution >= 4 is 0 Å². The van der Waals surface area contributed by atoms with Crippen molar-refractivity contribution in [1.29, 1.82) is 0 Å². The van der Waals surface area contributed by atoms with Crippen LogP contribution in [-0.2, 0) is 0 Å². The molecule has 12 heavy (non-hydrogen) atoms. The highest BCUT2D eigenvalue weighted by Gasteiger charge is 2.51. The summed E-state index contributed by atoms with van der Waals surface area (Å²) in [5.41, 5.74) is 0. The zero-order chi connectivity index (χ0) is 8.72. The minimum absolute atomic E-state index is 1.10. The van der Waals surface area contributed by atoms with Crippen LogP contribution in [0.1, 0.15) is 46.5 Å². The topological polar surface area (TPSA) is 0 Å². The van der Waals surface area contributed by atoms with Crippen LogP contribution in [0, 0.1) is 29.6 Å². The van der Waals surface area contributed by atoms with Crippen LogP contribution in [0.25, 0.3) is 0 Å². The third-order valence-corrected chi connectivity index (χ3v) is 4.51. The van der Waals surface area contributed by atoms with Gasteiger partial charge in [-0.25, -0.2) is 0 Å². The Morgan fingerprint density at radius 2 is 1.50 bits per heavy atom. The van der Waals surface area contributed by atoms with Gasteiger partial charge >= 0.3 is 0 Å². The summed E-state index contributed by atoms with van der Waals surface area (Å²) in [6, 6.07) is 0. The van der Waals surface area contributed by atoms with E-state index in [1.807, 2.05) is 13.8 Å². The molecular weight excluding hydrogens is 144 g/mol. The predicted octanol–water partition coefficient (Wildman–Crippen LogP) is 3.71. The van der Waals surface area contributed by atoms with Gasteiger partial charge in [0.1, 0.15) is 0 Å². The second-order valence-electron chi connectivity index (χ2n) is 4.85. The first-order valence-corrected chi connectivity index (χ1v) is 5.84. The average molecular weight is 166 g/mol. The van der Waals surface area contributed by atoms with Crippen molar-refractivity contribution in [2.45, 2.75) is 46.5 Å². The molecule has 4 aliphatic rings. The van der Waals surface area contributed by atoms with Crippen LogP contribution >= 0.6 is 0 Å². The molecular formula is C12H22. The van der Waals surface area contributed by atoms with Gasteiger partial charge in [0.05, 0.1) is 0 Å². The monoisotopic (exact) mass is 166 g/mol. The van der Waals surface area contributed by atoms with Gasteiger partial charge in [0.15, 0.2) is 0 Å². The molecule has 0 heterocycles. The van der Waals surface area contributed by atoms with Crippen LogP contribution in [0.3, 0.4) is 0 Å². The van der Waals surface area contributed by atoms with Crippen molar-refractivity contribution in [2.75, 3.05) is 0 Å². The maximum atomic E-state index is 2.50. The second-order valence-corrected chi connectivity index (χ2v) is 4.85. The summed E-state index contributed by atoms with van der Waals surface area (Å²) in [5.74, 6) is 5.78. The van der Waals surface area contributed by atoms with Crippen LogP contribution in [0.15, 0.2) is 0 Å². The van der Waals surface area contributed by atoms with E-state index in [4.69, 9.17) is 0 Å². The van der Waals surface area contributed by atoms with E-state index < -0.39 is 0 Å². The first kappa shape index (κ1) is 8.59. The van der Waals surface area contributed by atoms with Gasteiger partial charge < -0.3 is 0 Å². The maximum absolute atomic E-state index is 2.50. The molecule has 4 aliphatic carbocycles. The normalized spacial score (nSPS) is 53.8. The zero-order valence-corrected chi connectivity index (χ0v) is 8.72. The molecule has 0 aliphatic heterocycles. The highest BCUT2D eigenvalue weighted by molar-refractivity contribution is 5.01. The first-order valence-electron chi connectivity index (χ1n) is 5.84. The van der Waals surface area contributed by atoms with E-state index in [0.29, 0.717) is 0 Å².